The van der Waals surface area contributed by atoms with Crippen LogP contribution in [0, 0.1) is 11.7 Å². The van der Waals surface area contributed by atoms with Crippen LogP contribution in [0.2, 0.25) is 0 Å². The molecule has 1 aromatic carbocycles. The summed E-state index contributed by atoms with van der Waals surface area (Å²) >= 11 is 3.50. The molecule has 1 aliphatic rings. The van der Waals surface area contributed by atoms with E-state index in [0.29, 0.717) is 12.0 Å². The number of benzene rings is 1. The van der Waals surface area contributed by atoms with Gasteiger partial charge >= 0.3 is 0 Å². The average molecular weight is 300 g/mol. The Hall–Kier alpha value is -0.410. The quantitative estimate of drug-likeness (QED) is 0.889. The minimum absolute atomic E-state index is 0.135. The van der Waals surface area contributed by atoms with Crippen molar-refractivity contribution in [2.75, 3.05) is 6.54 Å². The SMILES string of the molecule is CCNC1CCC(Cc2cc(F)ccc2Br)C1. The van der Waals surface area contributed by atoms with Gasteiger partial charge in [-0.05, 0) is 61.9 Å². The molecule has 0 aromatic heterocycles. The molecule has 1 aromatic rings. The average Bonchev–Trinajstić information content (AvgIpc) is 2.72. The van der Waals surface area contributed by atoms with Gasteiger partial charge in [0.1, 0.15) is 5.82 Å². The van der Waals surface area contributed by atoms with Crippen LogP contribution in [0.25, 0.3) is 0 Å². The fourth-order valence-electron chi connectivity index (χ4n) is 2.75. The molecule has 2 unspecified atom stereocenters. The lowest BCUT2D eigenvalue weighted by Gasteiger charge is -2.13. The fourth-order valence-corrected chi connectivity index (χ4v) is 3.15. The summed E-state index contributed by atoms with van der Waals surface area (Å²) in [5.74, 6) is 0.557. The normalized spacial score (nSPS) is 24.2. The zero-order valence-corrected chi connectivity index (χ0v) is 11.8. The topological polar surface area (TPSA) is 12.0 Å². The maximum Gasteiger partial charge on any atom is 0.123 e. The molecule has 17 heavy (non-hydrogen) atoms. The van der Waals surface area contributed by atoms with Crippen molar-refractivity contribution in [3.63, 3.8) is 0 Å². The maximum absolute atomic E-state index is 13.2. The third kappa shape index (κ3) is 3.52. The van der Waals surface area contributed by atoms with Crippen LogP contribution in [0.15, 0.2) is 22.7 Å². The molecule has 0 spiro atoms. The van der Waals surface area contributed by atoms with E-state index in [4.69, 9.17) is 0 Å². The van der Waals surface area contributed by atoms with Gasteiger partial charge in [-0.25, -0.2) is 4.39 Å². The van der Waals surface area contributed by atoms with Crippen molar-refractivity contribution in [2.45, 2.75) is 38.6 Å². The van der Waals surface area contributed by atoms with E-state index >= 15 is 0 Å². The van der Waals surface area contributed by atoms with Crippen molar-refractivity contribution in [3.8, 4) is 0 Å². The first-order chi connectivity index (χ1) is 8.19. The van der Waals surface area contributed by atoms with Crippen LogP contribution in [0.5, 0.6) is 0 Å². The van der Waals surface area contributed by atoms with Gasteiger partial charge < -0.3 is 5.32 Å². The Morgan fingerprint density at radius 1 is 1.41 bits per heavy atom. The molecule has 0 amide bonds. The summed E-state index contributed by atoms with van der Waals surface area (Å²) in [6.45, 7) is 3.19. The smallest absolute Gasteiger partial charge is 0.123 e. The molecular formula is C14H19BrFN. The Balaban J connectivity index is 1.95. The number of hydrogen-bond acceptors (Lipinski definition) is 1. The highest BCUT2D eigenvalue weighted by atomic mass is 79.9. The molecule has 0 bridgehead atoms. The summed E-state index contributed by atoms with van der Waals surface area (Å²) in [5, 5.41) is 3.50. The number of halogens is 2. The summed E-state index contributed by atoms with van der Waals surface area (Å²) < 4.78 is 14.2. The minimum atomic E-state index is -0.135. The van der Waals surface area contributed by atoms with E-state index in [1.54, 1.807) is 12.1 Å². The molecule has 0 aliphatic heterocycles. The highest BCUT2D eigenvalue weighted by molar-refractivity contribution is 9.10. The molecule has 2 atom stereocenters. The van der Waals surface area contributed by atoms with Gasteiger partial charge in [-0.3, -0.25) is 0 Å². The van der Waals surface area contributed by atoms with Crippen molar-refractivity contribution in [3.05, 3.63) is 34.1 Å². The lowest BCUT2D eigenvalue weighted by Crippen LogP contribution is -2.25. The van der Waals surface area contributed by atoms with Crippen LogP contribution >= 0.6 is 15.9 Å². The monoisotopic (exact) mass is 299 g/mol. The second-order valence-electron chi connectivity index (χ2n) is 4.87. The van der Waals surface area contributed by atoms with Gasteiger partial charge in [-0.2, -0.15) is 0 Å². The van der Waals surface area contributed by atoms with E-state index in [1.165, 1.54) is 25.3 Å². The summed E-state index contributed by atoms with van der Waals surface area (Å²) in [4.78, 5) is 0. The van der Waals surface area contributed by atoms with Crippen LogP contribution < -0.4 is 5.32 Å². The number of rotatable bonds is 4. The first-order valence-electron chi connectivity index (χ1n) is 6.36. The third-order valence-corrected chi connectivity index (χ3v) is 4.32. The minimum Gasteiger partial charge on any atom is -0.314 e. The Labute approximate surface area is 111 Å². The van der Waals surface area contributed by atoms with Gasteiger partial charge in [0.05, 0.1) is 0 Å². The van der Waals surface area contributed by atoms with Crippen LogP contribution in [0.4, 0.5) is 4.39 Å². The van der Waals surface area contributed by atoms with E-state index in [-0.39, 0.29) is 5.82 Å². The van der Waals surface area contributed by atoms with Gasteiger partial charge in [0.2, 0.25) is 0 Å². The molecule has 0 radical (unpaired) electrons. The molecule has 0 heterocycles. The van der Waals surface area contributed by atoms with Gasteiger partial charge in [-0.1, -0.05) is 22.9 Å². The highest BCUT2D eigenvalue weighted by Gasteiger charge is 2.24. The van der Waals surface area contributed by atoms with Gasteiger partial charge in [0, 0.05) is 10.5 Å². The first-order valence-corrected chi connectivity index (χ1v) is 7.15. The van der Waals surface area contributed by atoms with Crippen molar-refractivity contribution >= 4 is 15.9 Å². The van der Waals surface area contributed by atoms with Crippen LogP contribution in [-0.4, -0.2) is 12.6 Å². The molecule has 1 fully saturated rings. The van der Waals surface area contributed by atoms with Crippen molar-refractivity contribution < 1.29 is 4.39 Å². The Morgan fingerprint density at radius 2 is 2.24 bits per heavy atom. The molecule has 94 valence electrons. The summed E-state index contributed by atoms with van der Waals surface area (Å²) in [5.41, 5.74) is 1.10. The van der Waals surface area contributed by atoms with E-state index in [9.17, 15) is 4.39 Å². The van der Waals surface area contributed by atoms with Crippen molar-refractivity contribution in [2.24, 2.45) is 5.92 Å². The first kappa shape index (κ1) is 13.0. The standard InChI is InChI=1S/C14H19BrFN/c1-2-17-13-5-3-10(8-13)7-11-9-12(16)4-6-14(11)15/h4,6,9-10,13,17H,2-3,5,7-8H2,1H3. The van der Waals surface area contributed by atoms with Gasteiger partial charge in [0.25, 0.3) is 0 Å². The zero-order chi connectivity index (χ0) is 12.3. The Bertz CT molecular complexity index is 380. The predicted octanol–water partition coefficient (Wildman–Crippen LogP) is 3.91. The molecular weight excluding hydrogens is 281 g/mol. The van der Waals surface area contributed by atoms with Gasteiger partial charge in [-0.15, -0.1) is 0 Å². The maximum atomic E-state index is 13.2. The Morgan fingerprint density at radius 3 is 3.00 bits per heavy atom. The molecule has 1 aliphatic carbocycles. The van der Waals surface area contributed by atoms with Gasteiger partial charge in [0.15, 0.2) is 0 Å². The summed E-state index contributed by atoms with van der Waals surface area (Å²) in [6, 6.07) is 5.63. The van der Waals surface area contributed by atoms with E-state index in [1.807, 2.05) is 0 Å². The number of hydrogen-bond donors (Lipinski definition) is 1. The summed E-state index contributed by atoms with van der Waals surface area (Å²) in [6.07, 6.45) is 4.71. The second kappa shape index (κ2) is 5.96. The van der Waals surface area contributed by atoms with Crippen LogP contribution in [0.1, 0.15) is 31.7 Å². The highest BCUT2D eigenvalue weighted by Crippen LogP contribution is 2.31. The van der Waals surface area contributed by atoms with E-state index < -0.39 is 0 Å². The van der Waals surface area contributed by atoms with Crippen molar-refractivity contribution in [1.82, 2.24) is 5.32 Å². The fraction of sp³-hybridized carbons (Fsp3) is 0.571. The zero-order valence-electron chi connectivity index (χ0n) is 10.2. The molecule has 1 saturated carbocycles. The lowest BCUT2D eigenvalue weighted by molar-refractivity contribution is 0.492. The largest absolute Gasteiger partial charge is 0.314 e. The van der Waals surface area contributed by atoms with E-state index in [0.717, 1.165) is 23.0 Å². The number of nitrogens with one attached hydrogen (secondary N) is 1. The van der Waals surface area contributed by atoms with E-state index in [2.05, 4.69) is 28.2 Å². The van der Waals surface area contributed by atoms with Crippen LogP contribution in [0.3, 0.4) is 0 Å². The van der Waals surface area contributed by atoms with Crippen molar-refractivity contribution in [1.29, 1.82) is 0 Å². The third-order valence-electron chi connectivity index (χ3n) is 3.55. The molecule has 0 saturated heterocycles. The molecule has 2 rings (SSSR count). The molecule has 3 heteroatoms. The summed E-state index contributed by atoms with van der Waals surface area (Å²) in [7, 11) is 0. The second-order valence-corrected chi connectivity index (χ2v) is 5.73. The predicted molar refractivity (Wildman–Crippen MR) is 72.6 cm³/mol. The molecule has 1 nitrogen and oxygen atoms in total. The Kier molecular flexibility index (Phi) is 4.57. The molecule has 1 N–H and O–H groups in total. The van der Waals surface area contributed by atoms with Crippen LogP contribution in [-0.2, 0) is 6.42 Å². The lowest BCUT2D eigenvalue weighted by atomic mass is 9.98.